The van der Waals surface area contributed by atoms with Crippen LogP contribution in [0.4, 0.5) is 0 Å². The Bertz CT molecular complexity index is 469. The van der Waals surface area contributed by atoms with Crippen LogP contribution in [0.3, 0.4) is 0 Å². The van der Waals surface area contributed by atoms with Gasteiger partial charge in [0.2, 0.25) is 0 Å². The topological polar surface area (TPSA) is 53.3 Å². The number of likely N-dealkylation sites (N-methyl/N-ethyl adjacent to an activating group) is 1. The van der Waals surface area contributed by atoms with Gasteiger partial charge in [-0.15, -0.1) is 0 Å². The van der Waals surface area contributed by atoms with Crippen molar-refractivity contribution in [1.29, 1.82) is 5.26 Å². The predicted octanol–water partition coefficient (Wildman–Crippen LogP) is 2.51. The van der Waals surface area contributed by atoms with E-state index in [4.69, 9.17) is 10.00 Å². The second-order valence-corrected chi connectivity index (χ2v) is 4.84. The summed E-state index contributed by atoms with van der Waals surface area (Å²) in [5.41, 5.74) is 0.977. The van der Waals surface area contributed by atoms with Crippen molar-refractivity contribution in [2.24, 2.45) is 0 Å². The van der Waals surface area contributed by atoms with Crippen LogP contribution < -0.4 is 4.74 Å². The van der Waals surface area contributed by atoms with Crippen molar-refractivity contribution in [1.82, 2.24) is 4.90 Å². The fraction of sp³-hybridized carbons (Fsp3) is 0.385. The van der Waals surface area contributed by atoms with Gasteiger partial charge in [-0.05, 0) is 24.6 Å². The standard InChI is InChI=1S/C13H15BrN2O2/c1-10-4-5-11(14)8-12(10)18-9-13(17)16(2)7-3-6-15/h4-5,8H,3,7,9H2,1-2H3. The minimum Gasteiger partial charge on any atom is -0.483 e. The second kappa shape index (κ2) is 7.02. The molecule has 0 aliphatic heterocycles. The van der Waals surface area contributed by atoms with Gasteiger partial charge in [-0.25, -0.2) is 0 Å². The van der Waals surface area contributed by atoms with Crippen molar-refractivity contribution in [2.75, 3.05) is 20.2 Å². The van der Waals surface area contributed by atoms with Crippen LogP contribution in [0.25, 0.3) is 0 Å². The molecule has 18 heavy (non-hydrogen) atoms. The van der Waals surface area contributed by atoms with E-state index in [9.17, 15) is 4.79 Å². The molecular formula is C13H15BrN2O2. The first kappa shape index (κ1) is 14.5. The lowest BCUT2D eigenvalue weighted by atomic mass is 10.2. The van der Waals surface area contributed by atoms with Gasteiger partial charge in [-0.3, -0.25) is 4.79 Å². The van der Waals surface area contributed by atoms with Gasteiger partial charge in [0.15, 0.2) is 6.61 Å². The van der Waals surface area contributed by atoms with Gasteiger partial charge in [-0.2, -0.15) is 5.26 Å². The molecule has 0 fully saturated rings. The number of nitrogens with zero attached hydrogens (tertiary/aromatic N) is 2. The third-order valence-corrected chi connectivity index (χ3v) is 2.98. The first-order valence-corrected chi connectivity index (χ1v) is 6.33. The zero-order valence-corrected chi connectivity index (χ0v) is 12.0. The van der Waals surface area contributed by atoms with E-state index in [1.54, 1.807) is 7.05 Å². The molecule has 0 N–H and O–H groups in total. The summed E-state index contributed by atoms with van der Waals surface area (Å²) < 4.78 is 6.39. The highest BCUT2D eigenvalue weighted by atomic mass is 79.9. The maximum Gasteiger partial charge on any atom is 0.260 e. The van der Waals surface area contributed by atoms with Gasteiger partial charge in [0.25, 0.3) is 5.91 Å². The molecule has 0 aromatic heterocycles. The lowest BCUT2D eigenvalue weighted by molar-refractivity contribution is -0.131. The lowest BCUT2D eigenvalue weighted by Crippen LogP contribution is -2.32. The molecule has 0 aliphatic rings. The Morgan fingerprint density at radius 3 is 2.94 bits per heavy atom. The number of benzene rings is 1. The number of carbonyl (C=O) groups is 1. The Kier molecular flexibility index (Phi) is 5.66. The molecule has 0 bridgehead atoms. The Balaban J connectivity index is 2.52. The molecule has 1 aromatic carbocycles. The summed E-state index contributed by atoms with van der Waals surface area (Å²) in [5, 5.41) is 8.45. The van der Waals surface area contributed by atoms with E-state index in [1.807, 2.05) is 31.2 Å². The Labute approximate surface area is 115 Å². The van der Waals surface area contributed by atoms with Crippen molar-refractivity contribution in [3.05, 3.63) is 28.2 Å². The highest BCUT2D eigenvalue weighted by molar-refractivity contribution is 9.10. The van der Waals surface area contributed by atoms with E-state index < -0.39 is 0 Å². The van der Waals surface area contributed by atoms with Crippen molar-refractivity contribution in [3.63, 3.8) is 0 Å². The van der Waals surface area contributed by atoms with Gasteiger partial charge in [0, 0.05) is 18.1 Å². The summed E-state index contributed by atoms with van der Waals surface area (Å²) in [4.78, 5) is 13.2. The van der Waals surface area contributed by atoms with Crippen LogP contribution >= 0.6 is 15.9 Å². The van der Waals surface area contributed by atoms with Gasteiger partial charge >= 0.3 is 0 Å². The fourth-order valence-electron chi connectivity index (χ4n) is 1.32. The molecule has 96 valence electrons. The van der Waals surface area contributed by atoms with E-state index in [-0.39, 0.29) is 12.5 Å². The quantitative estimate of drug-likeness (QED) is 0.839. The number of rotatable bonds is 5. The normalized spacial score (nSPS) is 9.67. The molecule has 5 heteroatoms. The minimum atomic E-state index is -0.135. The van der Waals surface area contributed by atoms with E-state index in [0.717, 1.165) is 10.0 Å². The number of aryl methyl sites for hydroxylation is 1. The largest absolute Gasteiger partial charge is 0.483 e. The van der Waals surface area contributed by atoms with E-state index in [2.05, 4.69) is 15.9 Å². The average molecular weight is 311 g/mol. The number of amides is 1. The molecule has 0 heterocycles. The van der Waals surface area contributed by atoms with E-state index in [1.165, 1.54) is 4.90 Å². The smallest absolute Gasteiger partial charge is 0.260 e. The molecule has 0 saturated heterocycles. The van der Waals surface area contributed by atoms with Crippen molar-refractivity contribution in [3.8, 4) is 11.8 Å². The number of ether oxygens (including phenoxy) is 1. The van der Waals surface area contributed by atoms with Crippen molar-refractivity contribution in [2.45, 2.75) is 13.3 Å². The van der Waals surface area contributed by atoms with Crippen LogP contribution in [0.15, 0.2) is 22.7 Å². The first-order chi connectivity index (χ1) is 8.54. The highest BCUT2D eigenvalue weighted by Crippen LogP contribution is 2.22. The maximum atomic E-state index is 11.7. The van der Waals surface area contributed by atoms with Gasteiger partial charge in [-0.1, -0.05) is 22.0 Å². The molecule has 4 nitrogen and oxygen atoms in total. The third kappa shape index (κ3) is 4.38. The second-order valence-electron chi connectivity index (χ2n) is 3.92. The molecule has 0 radical (unpaired) electrons. The first-order valence-electron chi connectivity index (χ1n) is 5.54. The van der Waals surface area contributed by atoms with Gasteiger partial charge in [0.1, 0.15) is 5.75 Å². The third-order valence-electron chi connectivity index (χ3n) is 2.49. The Morgan fingerprint density at radius 2 is 2.28 bits per heavy atom. The zero-order valence-electron chi connectivity index (χ0n) is 10.4. The molecular weight excluding hydrogens is 296 g/mol. The summed E-state index contributed by atoms with van der Waals surface area (Å²) in [5.74, 6) is 0.552. The molecule has 0 aliphatic carbocycles. The number of hydrogen-bond donors (Lipinski definition) is 0. The number of nitriles is 1. The highest BCUT2D eigenvalue weighted by Gasteiger charge is 2.10. The molecule has 1 rings (SSSR count). The summed E-state index contributed by atoms with van der Waals surface area (Å²) in [6.45, 7) is 2.33. The SMILES string of the molecule is Cc1ccc(Br)cc1OCC(=O)N(C)CCC#N. The Hall–Kier alpha value is -1.54. The van der Waals surface area contributed by atoms with Crippen LogP contribution in [0.1, 0.15) is 12.0 Å². The van der Waals surface area contributed by atoms with Crippen LogP contribution in [0.5, 0.6) is 5.75 Å². The molecule has 1 amide bonds. The van der Waals surface area contributed by atoms with Crippen LogP contribution in [0, 0.1) is 18.3 Å². The van der Waals surface area contributed by atoms with Crippen LogP contribution in [-0.2, 0) is 4.79 Å². The van der Waals surface area contributed by atoms with Crippen molar-refractivity contribution < 1.29 is 9.53 Å². The van der Waals surface area contributed by atoms with Crippen LogP contribution in [-0.4, -0.2) is 31.0 Å². The monoisotopic (exact) mass is 310 g/mol. The maximum absolute atomic E-state index is 11.7. The fourth-order valence-corrected chi connectivity index (χ4v) is 1.66. The average Bonchev–Trinajstić information content (AvgIpc) is 2.36. The number of halogens is 1. The lowest BCUT2D eigenvalue weighted by Gasteiger charge is -2.16. The van der Waals surface area contributed by atoms with Gasteiger partial charge < -0.3 is 9.64 Å². The summed E-state index contributed by atoms with van der Waals surface area (Å²) in [6.07, 6.45) is 0.332. The van der Waals surface area contributed by atoms with E-state index in [0.29, 0.717) is 18.7 Å². The number of carbonyl (C=O) groups excluding carboxylic acids is 1. The minimum absolute atomic E-state index is 0.0147. The summed E-state index contributed by atoms with van der Waals surface area (Å²) in [7, 11) is 1.66. The molecule has 0 unspecified atom stereocenters. The van der Waals surface area contributed by atoms with Crippen molar-refractivity contribution >= 4 is 21.8 Å². The summed E-state index contributed by atoms with van der Waals surface area (Å²) >= 11 is 3.36. The number of hydrogen-bond acceptors (Lipinski definition) is 3. The molecule has 0 atom stereocenters. The molecule has 1 aromatic rings. The van der Waals surface area contributed by atoms with E-state index >= 15 is 0 Å². The van der Waals surface area contributed by atoms with Gasteiger partial charge in [0.05, 0.1) is 12.5 Å². The van der Waals surface area contributed by atoms with Crippen LogP contribution in [0.2, 0.25) is 0 Å². The summed E-state index contributed by atoms with van der Waals surface area (Å²) in [6, 6.07) is 7.67. The molecule has 0 saturated carbocycles. The molecule has 0 spiro atoms. The predicted molar refractivity (Wildman–Crippen MR) is 72.2 cm³/mol. The zero-order chi connectivity index (χ0) is 13.5. The Morgan fingerprint density at radius 1 is 1.56 bits per heavy atom.